The zero-order chi connectivity index (χ0) is 27.7. The minimum Gasteiger partial charge on any atom is -0.496 e. The quantitative estimate of drug-likeness (QED) is 0.325. The monoisotopic (exact) mass is 543 g/mol. The molecule has 0 aromatic heterocycles. The van der Waals surface area contributed by atoms with E-state index in [0.29, 0.717) is 28.1 Å². The second-order valence-corrected chi connectivity index (χ2v) is 10.6. The van der Waals surface area contributed by atoms with Crippen molar-refractivity contribution >= 4 is 29.2 Å². The number of anilines is 1. The van der Waals surface area contributed by atoms with Crippen molar-refractivity contribution in [3.05, 3.63) is 93.5 Å². The van der Waals surface area contributed by atoms with Gasteiger partial charge in [0.1, 0.15) is 24.0 Å². The summed E-state index contributed by atoms with van der Waals surface area (Å²) in [6, 6.07) is 13.0. The first kappa shape index (κ1) is 27.5. The Hall–Kier alpha value is -3.49. The molecule has 0 saturated carbocycles. The number of aliphatic hydroxyl groups is 1. The third-order valence-electron chi connectivity index (χ3n) is 6.69. The highest BCUT2D eigenvalue weighted by Crippen LogP contribution is 2.41. The fourth-order valence-corrected chi connectivity index (χ4v) is 5.29. The number of carbonyl (C=O) groups excluding carboxylic acids is 2. The van der Waals surface area contributed by atoms with Gasteiger partial charge in [0.05, 0.1) is 24.7 Å². The Balaban J connectivity index is 1.64. The molecule has 1 heterocycles. The van der Waals surface area contributed by atoms with E-state index in [9.17, 15) is 23.5 Å². The third-order valence-corrected chi connectivity index (χ3v) is 7.04. The van der Waals surface area contributed by atoms with Gasteiger partial charge in [0.15, 0.2) is 0 Å². The highest BCUT2D eigenvalue weighted by atomic mass is 35.5. The average Bonchev–Trinajstić information content (AvgIpc) is 3.21. The first-order valence-electron chi connectivity index (χ1n) is 12.0. The molecule has 1 aliphatic rings. The Labute approximate surface area is 224 Å². The summed E-state index contributed by atoms with van der Waals surface area (Å²) in [5.41, 5.74) is -0.635. The van der Waals surface area contributed by atoms with Crippen LogP contribution in [-0.2, 0) is 28.0 Å². The summed E-state index contributed by atoms with van der Waals surface area (Å²) in [7, 11) is 1.46. The van der Waals surface area contributed by atoms with Crippen molar-refractivity contribution in [3.8, 4) is 5.75 Å². The molecule has 0 fully saturated rings. The largest absolute Gasteiger partial charge is 0.496 e. The molecular formula is C29H28ClF2NO5. The number of ether oxygens (including phenoxy) is 2. The molecule has 1 unspecified atom stereocenters. The van der Waals surface area contributed by atoms with Crippen LogP contribution in [0.4, 0.5) is 14.5 Å². The van der Waals surface area contributed by atoms with Crippen LogP contribution in [0, 0.1) is 11.6 Å². The molecule has 2 N–H and O–H groups in total. The summed E-state index contributed by atoms with van der Waals surface area (Å²) in [5.74, 6) is -1.63. The highest BCUT2D eigenvalue weighted by molar-refractivity contribution is 6.31. The first-order valence-corrected chi connectivity index (χ1v) is 12.4. The number of hydrogen-bond donors (Lipinski definition) is 2. The summed E-state index contributed by atoms with van der Waals surface area (Å²) in [6.07, 6.45) is -0.727. The topological polar surface area (TPSA) is 84.9 Å². The molecule has 3 aromatic carbocycles. The predicted octanol–water partition coefficient (Wildman–Crippen LogP) is 5.97. The Morgan fingerprint density at radius 2 is 1.92 bits per heavy atom. The maximum Gasteiger partial charge on any atom is 0.338 e. The van der Waals surface area contributed by atoms with Crippen LogP contribution < -0.4 is 10.1 Å². The van der Waals surface area contributed by atoms with Crippen molar-refractivity contribution < 1.29 is 33.0 Å². The number of benzene rings is 3. The molecule has 0 spiro atoms. The lowest BCUT2D eigenvalue weighted by atomic mass is 9.72. The number of rotatable bonds is 9. The van der Waals surface area contributed by atoms with E-state index in [4.69, 9.17) is 21.1 Å². The smallest absolute Gasteiger partial charge is 0.338 e. The molecule has 0 aliphatic carbocycles. The lowest BCUT2D eigenvalue weighted by Crippen LogP contribution is -2.42. The number of carbonyl (C=O) groups is 2. The van der Waals surface area contributed by atoms with E-state index in [1.54, 1.807) is 32.0 Å². The van der Waals surface area contributed by atoms with Gasteiger partial charge < -0.3 is 19.9 Å². The number of fused-ring (bicyclic) bond motifs is 1. The molecule has 0 bridgehead atoms. The van der Waals surface area contributed by atoms with Crippen LogP contribution in [0.1, 0.15) is 53.7 Å². The van der Waals surface area contributed by atoms with Gasteiger partial charge >= 0.3 is 5.97 Å². The van der Waals surface area contributed by atoms with Gasteiger partial charge in [-0.15, -0.1) is 0 Å². The minimum atomic E-state index is -1.79. The van der Waals surface area contributed by atoms with Gasteiger partial charge in [-0.1, -0.05) is 31.5 Å². The average molecular weight is 544 g/mol. The Bertz CT molecular complexity index is 1370. The second kappa shape index (κ2) is 10.7. The van der Waals surface area contributed by atoms with Crippen LogP contribution in [0.5, 0.6) is 5.75 Å². The number of hydrogen-bond acceptors (Lipinski definition) is 5. The van der Waals surface area contributed by atoms with Crippen molar-refractivity contribution in [2.45, 2.75) is 50.7 Å². The first-order chi connectivity index (χ1) is 17.9. The van der Waals surface area contributed by atoms with Crippen molar-refractivity contribution in [1.82, 2.24) is 0 Å². The van der Waals surface area contributed by atoms with E-state index >= 15 is 0 Å². The lowest BCUT2D eigenvalue weighted by molar-refractivity contribution is -0.121. The van der Waals surface area contributed by atoms with Gasteiger partial charge in [-0.3, -0.25) is 4.79 Å². The van der Waals surface area contributed by atoms with Crippen molar-refractivity contribution in [1.29, 1.82) is 0 Å². The van der Waals surface area contributed by atoms with Crippen LogP contribution in [-0.4, -0.2) is 29.7 Å². The van der Waals surface area contributed by atoms with Gasteiger partial charge in [0, 0.05) is 33.8 Å². The summed E-state index contributed by atoms with van der Waals surface area (Å²) in [4.78, 5) is 24.9. The molecule has 1 aliphatic heterocycles. The van der Waals surface area contributed by atoms with Gasteiger partial charge in [-0.25, -0.2) is 13.6 Å². The molecular weight excluding hydrogens is 516 g/mol. The zero-order valence-electron chi connectivity index (χ0n) is 21.2. The Morgan fingerprint density at radius 1 is 1.16 bits per heavy atom. The molecule has 1 amide bonds. The summed E-state index contributed by atoms with van der Waals surface area (Å²) in [5, 5.41) is 14.8. The zero-order valence-corrected chi connectivity index (χ0v) is 22.0. The van der Waals surface area contributed by atoms with E-state index in [1.807, 2.05) is 0 Å². The van der Waals surface area contributed by atoms with Crippen LogP contribution in [0.15, 0.2) is 54.6 Å². The standard InChI is InChI=1S/C29H28ClF2NO5/c1-28(2,22-12-18(31)7-10-25(22)37-3)16-29(36,13-21-23(30)5-4-6-24(21)32)14-26(34)33-19-8-9-20-17(11-19)15-38-27(20)35/h4-12,36H,13-16H2,1-3H3,(H,33,34). The van der Waals surface area contributed by atoms with E-state index in [2.05, 4.69) is 5.32 Å². The van der Waals surface area contributed by atoms with E-state index < -0.39 is 40.9 Å². The van der Waals surface area contributed by atoms with Crippen molar-refractivity contribution in [2.75, 3.05) is 12.4 Å². The normalized spacial score (nSPS) is 14.4. The minimum absolute atomic E-state index is 0.0512. The Kier molecular flexibility index (Phi) is 7.76. The SMILES string of the molecule is COc1ccc(F)cc1C(C)(C)CC(O)(CC(=O)Nc1ccc2c(c1)COC2=O)Cc1c(F)cccc1Cl. The molecule has 0 radical (unpaired) electrons. The molecule has 38 heavy (non-hydrogen) atoms. The summed E-state index contributed by atoms with van der Waals surface area (Å²) in [6.45, 7) is 3.68. The van der Waals surface area contributed by atoms with Gasteiger partial charge in [0.2, 0.25) is 5.91 Å². The van der Waals surface area contributed by atoms with Crippen LogP contribution in [0.3, 0.4) is 0 Å². The summed E-state index contributed by atoms with van der Waals surface area (Å²) < 4.78 is 39.4. The molecule has 9 heteroatoms. The highest BCUT2D eigenvalue weighted by Gasteiger charge is 2.40. The van der Waals surface area contributed by atoms with Crippen molar-refractivity contribution in [3.63, 3.8) is 0 Å². The Morgan fingerprint density at radius 3 is 2.63 bits per heavy atom. The van der Waals surface area contributed by atoms with Gasteiger partial charge in [-0.05, 0) is 60.4 Å². The van der Waals surface area contributed by atoms with Crippen molar-refractivity contribution in [2.24, 2.45) is 0 Å². The van der Waals surface area contributed by atoms with Crippen LogP contribution in [0.25, 0.3) is 0 Å². The predicted molar refractivity (Wildman–Crippen MR) is 139 cm³/mol. The number of cyclic esters (lactones) is 1. The van der Waals surface area contributed by atoms with E-state index in [0.717, 1.165) is 0 Å². The molecule has 6 nitrogen and oxygen atoms in total. The number of nitrogens with one attached hydrogen (secondary N) is 1. The maximum atomic E-state index is 14.7. The van der Waals surface area contributed by atoms with Crippen LogP contribution in [0.2, 0.25) is 5.02 Å². The lowest BCUT2D eigenvalue weighted by Gasteiger charge is -2.37. The number of methoxy groups -OCH3 is 1. The molecule has 4 rings (SSSR count). The molecule has 0 saturated heterocycles. The third kappa shape index (κ3) is 5.97. The molecule has 1 atom stereocenters. The van der Waals surface area contributed by atoms with Crippen LogP contribution >= 0.6 is 11.6 Å². The van der Waals surface area contributed by atoms with E-state index in [-0.39, 0.29) is 30.0 Å². The number of esters is 1. The number of amides is 1. The second-order valence-electron chi connectivity index (χ2n) is 10.2. The fourth-order valence-electron chi connectivity index (χ4n) is 5.06. The van der Waals surface area contributed by atoms with E-state index in [1.165, 1.54) is 43.5 Å². The fraction of sp³-hybridized carbons (Fsp3) is 0.310. The van der Waals surface area contributed by atoms with Gasteiger partial charge in [0.25, 0.3) is 0 Å². The van der Waals surface area contributed by atoms with Gasteiger partial charge in [-0.2, -0.15) is 0 Å². The molecule has 3 aromatic rings. The number of halogens is 3. The maximum absolute atomic E-state index is 14.7. The summed E-state index contributed by atoms with van der Waals surface area (Å²) >= 11 is 6.26. The molecule has 200 valence electrons.